The van der Waals surface area contributed by atoms with Crippen LogP contribution in [-0.2, 0) is 14.8 Å². The van der Waals surface area contributed by atoms with Crippen LogP contribution in [0.1, 0.15) is 20.8 Å². The number of benzene rings is 1. The smallest absolute Gasteiger partial charge is 0.240 e. The monoisotopic (exact) mass is 286 g/mol. The molecule has 0 bridgehead atoms. The lowest BCUT2D eigenvalue weighted by Crippen LogP contribution is -2.23. The molecule has 108 valence electrons. The van der Waals surface area contributed by atoms with Gasteiger partial charge in [0, 0.05) is 18.8 Å². The van der Waals surface area contributed by atoms with Gasteiger partial charge in [-0.2, -0.15) is 0 Å². The van der Waals surface area contributed by atoms with Crippen molar-refractivity contribution in [2.75, 3.05) is 25.0 Å². The zero-order valence-electron chi connectivity index (χ0n) is 11.6. The summed E-state index contributed by atoms with van der Waals surface area (Å²) in [6.45, 7) is 7.42. The Morgan fingerprint density at radius 2 is 1.84 bits per heavy atom. The third-order valence-electron chi connectivity index (χ3n) is 2.38. The van der Waals surface area contributed by atoms with E-state index in [0.29, 0.717) is 19.7 Å². The Labute approximate surface area is 115 Å². The van der Waals surface area contributed by atoms with Crippen LogP contribution in [0.2, 0.25) is 0 Å². The summed E-state index contributed by atoms with van der Waals surface area (Å²) in [5.41, 5.74) is 0.878. The number of ether oxygens (including phenoxy) is 1. The van der Waals surface area contributed by atoms with Crippen molar-refractivity contribution in [3.8, 4) is 0 Å². The zero-order chi connectivity index (χ0) is 14.3. The maximum Gasteiger partial charge on any atom is 0.240 e. The molecule has 0 spiro atoms. The average molecular weight is 286 g/mol. The van der Waals surface area contributed by atoms with Gasteiger partial charge < -0.3 is 10.1 Å². The number of rotatable bonds is 8. The summed E-state index contributed by atoms with van der Waals surface area (Å²) in [6.07, 6.45) is 0.217. The molecule has 0 heterocycles. The van der Waals surface area contributed by atoms with Gasteiger partial charge in [-0.15, -0.1) is 0 Å². The fraction of sp³-hybridized carbons (Fsp3) is 0.538. The van der Waals surface area contributed by atoms with Gasteiger partial charge in [-0.25, -0.2) is 13.1 Å². The third kappa shape index (κ3) is 5.59. The molecule has 19 heavy (non-hydrogen) atoms. The minimum atomic E-state index is -3.37. The topological polar surface area (TPSA) is 67.4 Å². The third-order valence-corrected chi connectivity index (χ3v) is 3.94. The van der Waals surface area contributed by atoms with Gasteiger partial charge in [0.25, 0.3) is 0 Å². The van der Waals surface area contributed by atoms with Crippen LogP contribution in [0.15, 0.2) is 29.2 Å². The predicted molar refractivity (Wildman–Crippen MR) is 76.9 cm³/mol. The second kappa shape index (κ2) is 7.47. The van der Waals surface area contributed by atoms with E-state index >= 15 is 0 Å². The number of anilines is 1. The van der Waals surface area contributed by atoms with Gasteiger partial charge in [0.15, 0.2) is 0 Å². The Balaban J connectivity index is 2.52. The molecule has 1 aromatic rings. The van der Waals surface area contributed by atoms with E-state index in [2.05, 4.69) is 10.0 Å². The summed E-state index contributed by atoms with van der Waals surface area (Å²) < 4.78 is 31.3. The first-order valence-electron chi connectivity index (χ1n) is 6.41. The highest BCUT2D eigenvalue weighted by Gasteiger charge is 2.11. The maximum absolute atomic E-state index is 11.7. The Kier molecular flexibility index (Phi) is 6.27. The van der Waals surface area contributed by atoms with Crippen molar-refractivity contribution in [3.05, 3.63) is 24.3 Å². The van der Waals surface area contributed by atoms with Gasteiger partial charge in [-0.05, 0) is 38.1 Å². The Morgan fingerprint density at radius 1 is 1.21 bits per heavy atom. The molecule has 5 nitrogen and oxygen atoms in total. The molecule has 6 heteroatoms. The van der Waals surface area contributed by atoms with Crippen molar-refractivity contribution < 1.29 is 13.2 Å². The summed E-state index contributed by atoms with van der Waals surface area (Å²) in [7, 11) is -3.37. The van der Waals surface area contributed by atoms with Gasteiger partial charge in [0.2, 0.25) is 10.0 Å². The van der Waals surface area contributed by atoms with Crippen LogP contribution in [0.3, 0.4) is 0 Å². The first-order valence-corrected chi connectivity index (χ1v) is 7.89. The minimum Gasteiger partial charge on any atom is -0.383 e. The molecular formula is C13H22N2O3S. The summed E-state index contributed by atoms with van der Waals surface area (Å²) in [6, 6.07) is 6.67. The number of nitrogens with one attached hydrogen (secondary N) is 2. The second-order valence-corrected chi connectivity index (χ2v) is 6.14. The predicted octanol–water partition coefficient (Wildman–Crippen LogP) is 1.82. The van der Waals surface area contributed by atoms with E-state index < -0.39 is 10.0 Å². The van der Waals surface area contributed by atoms with Crippen molar-refractivity contribution in [1.82, 2.24) is 4.72 Å². The molecule has 0 amide bonds. The van der Waals surface area contributed by atoms with Crippen LogP contribution in [0, 0.1) is 0 Å². The normalized spacial score (nSPS) is 11.8. The van der Waals surface area contributed by atoms with Gasteiger partial charge >= 0.3 is 0 Å². The van der Waals surface area contributed by atoms with Crippen LogP contribution in [0.25, 0.3) is 0 Å². The first kappa shape index (κ1) is 15.9. The number of hydrogen-bond acceptors (Lipinski definition) is 4. The highest BCUT2D eigenvalue weighted by Crippen LogP contribution is 2.13. The fourth-order valence-corrected chi connectivity index (χ4v) is 2.56. The standard InChI is InChI=1S/C13H22N2O3S/c1-4-15-19(16,17)13-7-5-12(6-8-13)14-9-10-18-11(2)3/h5-8,11,14-15H,4,9-10H2,1-3H3. The molecule has 0 fully saturated rings. The molecule has 0 atom stereocenters. The lowest BCUT2D eigenvalue weighted by atomic mass is 10.3. The Bertz CT molecular complexity index is 469. The van der Waals surface area contributed by atoms with E-state index in [1.807, 2.05) is 13.8 Å². The molecule has 1 rings (SSSR count). The molecule has 0 unspecified atom stereocenters. The second-order valence-electron chi connectivity index (χ2n) is 4.37. The van der Waals surface area contributed by atoms with E-state index in [4.69, 9.17) is 4.74 Å². The fourth-order valence-electron chi connectivity index (χ4n) is 1.52. The molecule has 0 aliphatic rings. The van der Waals surface area contributed by atoms with Crippen LogP contribution in [-0.4, -0.2) is 34.2 Å². The van der Waals surface area contributed by atoms with Crippen LogP contribution in [0.5, 0.6) is 0 Å². The molecule has 0 saturated heterocycles. The van der Waals surface area contributed by atoms with E-state index in [1.165, 1.54) is 0 Å². The molecule has 0 aliphatic heterocycles. The van der Waals surface area contributed by atoms with Crippen molar-refractivity contribution in [2.45, 2.75) is 31.8 Å². The highest BCUT2D eigenvalue weighted by molar-refractivity contribution is 7.89. The molecule has 0 aromatic heterocycles. The summed E-state index contributed by atoms with van der Waals surface area (Å²) in [5.74, 6) is 0. The number of sulfonamides is 1. The Hall–Kier alpha value is -1.11. The largest absolute Gasteiger partial charge is 0.383 e. The van der Waals surface area contributed by atoms with Crippen LogP contribution >= 0.6 is 0 Å². The quantitative estimate of drug-likeness (QED) is 0.715. The lowest BCUT2D eigenvalue weighted by Gasteiger charge is -2.10. The van der Waals surface area contributed by atoms with E-state index in [-0.39, 0.29) is 11.0 Å². The lowest BCUT2D eigenvalue weighted by molar-refractivity contribution is 0.0870. The van der Waals surface area contributed by atoms with E-state index in [1.54, 1.807) is 31.2 Å². The number of hydrogen-bond donors (Lipinski definition) is 2. The van der Waals surface area contributed by atoms with E-state index in [9.17, 15) is 8.42 Å². The highest BCUT2D eigenvalue weighted by atomic mass is 32.2. The Morgan fingerprint density at radius 3 is 2.37 bits per heavy atom. The summed E-state index contributed by atoms with van der Waals surface area (Å²) in [5, 5.41) is 3.17. The van der Waals surface area contributed by atoms with Gasteiger partial charge in [-0.1, -0.05) is 6.92 Å². The van der Waals surface area contributed by atoms with Crippen LogP contribution < -0.4 is 10.0 Å². The van der Waals surface area contributed by atoms with Crippen LogP contribution in [0.4, 0.5) is 5.69 Å². The van der Waals surface area contributed by atoms with Crippen molar-refractivity contribution in [2.24, 2.45) is 0 Å². The molecule has 0 aliphatic carbocycles. The molecular weight excluding hydrogens is 264 g/mol. The van der Waals surface area contributed by atoms with Crippen molar-refractivity contribution in [3.63, 3.8) is 0 Å². The van der Waals surface area contributed by atoms with Gasteiger partial charge in [0.05, 0.1) is 17.6 Å². The molecule has 2 N–H and O–H groups in total. The molecule has 1 aromatic carbocycles. The SMILES string of the molecule is CCNS(=O)(=O)c1ccc(NCCOC(C)C)cc1. The zero-order valence-corrected chi connectivity index (χ0v) is 12.5. The van der Waals surface area contributed by atoms with Crippen molar-refractivity contribution in [1.29, 1.82) is 0 Å². The first-order chi connectivity index (χ1) is 8.95. The summed E-state index contributed by atoms with van der Waals surface area (Å²) >= 11 is 0. The van der Waals surface area contributed by atoms with E-state index in [0.717, 1.165) is 5.69 Å². The maximum atomic E-state index is 11.7. The average Bonchev–Trinajstić information content (AvgIpc) is 2.35. The molecule has 0 saturated carbocycles. The van der Waals surface area contributed by atoms with Gasteiger partial charge in [-0.3, -0.25) is 0 Å². The van der Waals surface area contributed by atoms with Crippen molar-refractivity contribution >= 4 is 15.7 Å². The minimum absolute atomic E-state index is 0.217. The summed E-state index contributed by atoms with van der Waals surface area (Å²) in [4.78, 5) is 0.276. The van der Waals surface area contributed by atoms with Gasteiger partial charge in [0.1, 0.15) is 0 Å². The molecule has 0 radical (unpaired) electrons.